The minimum absolute atomic E-state index is 0.0729. The summed E-state index contributed by atoms with van der Waals surface area (Å²) in [5.74, 6) is -0.820. The molecule has 1 N–H and O–H groups in total. The highest BCUT2D eigenvalue weighted by molar-refractivity contribution is 5.68. The van der Waals surface area contributed by atoms with E-state index < -0.39 is 5.97 Å². The van der Waals surface area contributed by atoms with Gasteiger partial charge >= 0.3 is 5.97 Å². The van der Waals surface area contributed by atoms with E-state index in [1.807, 2.05) is 0 Å². The summed E-state index contributed by atoms with van der Waals surface area (Å²) in [6.07, 6.45) is 3.03. The van der Waals surface area contributed by atoms with Crippen LogP contribution in [0.2, 0.25) is 0 Å². The summed E-state index contributed by atoms with van der Waals surface area (Å²) in [6.45, 7) is 3.31. The van der Waals surface area contributed by atoms with Gasteiger partial charge < -0.3 is 5.11 Å². The first kappa shape index (κ1) is 6.21. The molecule has 39 valence electrons. The average Bonchev–Trinajstić information content (AvgIpc) is 1.61. The predicted octanol–water partition coefficient (Wildman–Crippen LogP) is 0.851. The van der Waals surface area contributed by atoms with Gasteiger partial charge in [0.05, 0.1) is 6.42 Å². The van der Waals surface area contributed by atoms with Gasteiger partial charge in [-0.3, -0.25) is 4.79 Å². The van der Waals surface area contributed by atoms with Crippen molar-refractivity contribution in [2.45, 2.75) is 6.42 Å². The van der Waals surface area contributed by atoms with Crippen molar-refractivity contribution >= 4 is 5.97 Å². The summed E-state index contributed by atoms with van der Waals surface area (Å²) in [4.78, 5) is 9.68. The molecule has 1 radical (unpaired) electrons. The number of rotatable bonds is 2. The second kappa shape index (κ2) is 3.40. The van der Waals surface area contributed by atoms with Crippen LogP contribution in [-0.4, -0.2) is 11.1 Å². The van der Waals surface area contributed by atoms with E-state index in [-0.39, 0.29) is 6.42 Å². The molecule has 0 bridgehead atoms. The maximum Gasteiger partial charge on any atom is 0.307 e. The number of hydrogen-bond donors (Lipinski definition) is 1. The molecular weight excluding hydrogens is 92.1 g/mol. The van der Waals surface area contributed by atoms with Crippen molar-refractivity contribution in [2.24, 2.45) is 0 Å². The topological polar surface area (TPSA) is 37.3 Å². The van der Waals surface area contributed by atoms with Gasteiger partial charge in [0.1, 0.15) is 0 Å². The third-order valence-electron chi connectivity index (χ3n) is 0.459. The lowest BCUT2D eigenvalue weighted by atomic mass is 10.4. The molecule has 0 amide bonds. The van der Waals surface area contributed by atoms with Gasteiger partial charge in [-0.2, -0.15) is 0 Å². The van der Waals surface area contributed by atoms with Crippen LogP contribution >= 0.6 is 0 Å². The van der Waals surface area contributed by atoms with Crippen LogP contribution in [-0.2, 0) is 4.79 Å². The van der Waals surface area contributed by atoms with Gasteiger partial charge in [0.15, 0.2) is 0 Å². The van der Waals surface area contributed by atoms with E-state index in [1.165, 1.54) is 12.2 Å². The van der Waals surface area contributed by atoms with Crippen molar-refractivity contribution in [1.82, 2.24) is 0 Å². The summed E-state index contributed by atoms with van der Waals surface area (Å²) < 4.78 is 0. The lowest BCUT2D eigenvalue weighted by Crippen LogP contribution is -1.88. The molecule has 0 aromatic heterocycles. The summed E-state index contributed by atoms with van der Waals surface area (Å²) in [5, 5.41) is 7.97. The molecular formula is C5H7O2. The van der Waals surface area contributed by atoms with Gasteiger partial charge in [-0.05, 0) is 6.92 Å². The molecule has 0 aromatic carbocycles. The highest BCUT2D eigenvalue weighted by Crippen LogP contribution is 1.78. The first-order chi connectivity index (χ1) is 3.27. The van der Waals surface area contributed by atoms with Gasteiger partial charge in [-0.1, -0.05) is 12.2 Å². The molecule has 0 aliphatic rings. The van der Waals surface area contributed by atoms with Crippen molar-refractivity contribution in [3.05, 3.63) is 19.1 Å². The normalized spacial score (nSPS) is 9.86. The Hall–Kier alpha value is -0.790. The molecule has 0 aromatic rings. The van der Waals surface area contributed by atoms with Crippen LogP contribution in [0.15, 0.2) is 12.2 Å². The van der Waals surface area contributed by atoms with Crippen molar-refractivity contribution in [3.63, 3.8) is 0 Å². The number of carboxylic acids is 1. The number of hydrogen-bond acceptors (Lipinski definition) is 1. The smallest absolute Gasteiger partial charge is 0.307 e. The molecule has 0 unspecified atom stereocenters. The third kappa shape index (κ3) is 5.21. The second-order valence-electron chi connectivity index (χ2n) is 1.07. The second-order valence-corrected chi connectivity index (χ2v) is 1.07. The summed E-state index contributed by atoms with van der Waals surface area (Å²) in [7, 11) is 0. The maximum atomic E-state index is 9.68. The van der Waals surface area contributed by atoms with Gasteiger partial charge in [-0.15, -0.1) is 0 Å². The van der Waals surface area contributed by atoms with Gasteiger partial charge in [-0.25, -0.2) is 0 Å². The molecule has 7 heavy (non-hydrogen) atoms. The zero-order valence-electron chi connectivity index (χ0n) is 3.92. The zero-order valence-corrected chi connectivity index (χ0v) is 3.92. The van der Waals surface area contributed by atoms with Crippen LogP contribution in [0.1, 0.15) is 6.42 Å². The SMILES string of the molecule is [CH2]C=CCC(=O)O. The van der Waals surface area contributed by atoms with Crippen molar-refractivity contribution < 1.29 is 9.90 Å². The highest BCUT2D eigenvalue weighted by Gasteiger charge is 1.85. The molecule has 0 saturated heterocycles. The van der Waals surface area contributed by atoms with E-state index in [0.717, 1.165) is 0 Å². The fourth-order valence-corrected chi connectivity index (χ4v) is 0.184. The zero-order chi connectivity index (χ0) is 5.70. The van der Waals surface area contributed by atoms with E-state index in [9.17, 15) is 4.79 Å². The molecule has 0 aliphatic carbocycles. The first-order valence-electron chi connectivity index (χ1n) is 1.93. The molecule has 0 atom stereocenters. The number of aliphatic carboxylic acids is 1. The molecule has 0 aliphatic heterocycles. The Bertz CT molecular complexity index is 84.1. The van der Waals surface area contributed by atoms with Crippen LogP contribution in [0.5, 0.6) is 0 Å². The average molecular weight is 99.1 g/mol. The summed E-state index contributed by atoms with van der Waals surface area (Å²) in [5.41, 5.74) is 0. The van der Waals surface area contributed by atoms with Gasteiger partial charge in [0, 0.05) is 0 Å². The summed E-state index contributed by atoms with van der Waals surface area (Å²) in [6, 6.07) is 0. The Morgan fingerprint density at radius 3 is 2.57 bits per heavy atom. The van der Waals surface area contributed by atoms with Gasteiger partial charge in [0.2, 0.25) is 0 Å². The van der Waals surface area contributed by atoms with E-state index in [1.54, 1.807) is 0 Å². The van der Waals surface area contributed by atoms with E-state index >= 15 is 0 Å². The minimum atomic E-state index is -0.820. The molecule has 0 rings (SSSR count). The third-order valence-corrected chi connectivity index (χ3v) is 0.459. The Balaban J connectivity index is 3.14. The van der Waals surface area contributed by atoms with Crippen molar-refractivity contribution in [1.29, 1.82) is 0 Å². The number of carbonyl (C=O) groups is 1. The summed E-state index contributed by atoms with van der Waals surface area (Å²) >= 11 is 0. The Morgan fingerprint density at radius 1 is 1.86 bits per heavy atom. The van der Waals surface area contributed by atoms with E-state index in [2.05, 4.69) is 6.92 Å². The van der Waals surface area contributed by atoms with Crippen LogP contribution in [0.25, 0.3) is 0 Å². The van der Waals surface area contributed by atoms with Crippen molar-refractivity contribution in [3.8, 4) is 0 Å². The quantitative estimate of drug-likeness (QED) is 0.557. The maximum absolute atomic E-state index is 9.68. The molecule has 0 fully saturated rings. The Kier molecular flexibility index (Phi) is 3.02. The minimum Gasteiger partial charge on any atom is -0.481 e. The van der Waals surface area contributed by atoms with Gasteiger partial charge in [0.25, 0.3) is 0 Å². The lowest BCUT2D eigenvalue weighted by Gasteiger charge is -1.77. The lowest BCUT2D eigenvalue weighted by molar-refractivity contribution is -0.135. The Morgan fingerprint density at radius 2 is 2.43 bits per heavy atom. The van der Waals surface area contributed by atoms with Crippen molar-refractivity contribution in [2.75, 3.05) is 0 Å². The highest BCUT2D eigenvalue weighted by atomic mass is 16.4. The van der Waals surface area contributed by atoms with E-state index in [0.29, 0.717) is 0 Å². The molecule has 0 saturated carbocycles. The molecule has 0 heterocycles. The fourth-order valence-electron chi connectivity index (χ4n) is 0.184. The first-order valence-corrected chi connectivity index (χ1v) is 1.93. The molecule has 2 nitrogen and oxygen atoms in total. The fraction of sp³-hybridized carbons (Fsp3) is 0.200. The van der Waals surface area contributed by atoms with Crippen LogP contribution in [0.3, 0.4) is 0 Å². The predicted molar refractivity (Wildman–Crippen MR) is 26.7 cm³/mol. The number of carboxylic acid groups (broad SMARTS) is 1. The monoisotopic (exact) mass is 99.0 g/mol. The van der Waals surface area contributed by atoms with Crippen LogP contribution in [0, 0.1) is 6.92 Å². The Labute approximate surface area is 42.5 Å². The van der Waals surface area contributed by atoms with Crippen LogP contribution < -0.4 is 0 Å². The van der Waals surface area contributed by atoms with E-state index in [4.69, 9.17) is 5.11 Å². The molecule has 0 spiro atoms. The molecule has 2 heteroatoms. The number of allylic oxidation sites excluding steroid dienone is 1. The standard InChI is InChI=1S/C5H7O2/c1-2-3-4-5(6)7/h2-3H,1,4H2,(H,6,7). The largest absolute Gasteiger partial charge is 0.481 e. The van der Waals surface area contributed by atoms with Crippen LogP contribution in [0.4, 0.5) is 0 Å².